The molecule has 0 saturated heterocycles. The standard InChI is InChI=1S/C20H28N4O2/c1-4-21-20(24-16(2)3)23-15-17-10-11-19(22-14-17)26-13-12-25-18-8-6-5-7-9-18/h5-11,14,16H,4,12-13,15H2,1-3H3,(H2,21,23,24). The molecular weight excluding hydrogens is 328 g/mol. The van der Waals surface area contributed by atoms with E-state index in [1.54, 1.807) is 6.20 Å². The Morgan fingerprint density at radius 1 is 1.08 bits per heavy atom. The Bertz CT molecular complexity index is 657. The number of para-hydroxylation sites is 1. The molecule has 0 saturated carbocycles. The Kier molecular flexibility index (Phi) is 8.26. The average Bonchev–Trinajstić information content (AvgIpc) is 2.65. The summed E-state index contributed by atoms with van der Waals surface area (Å²) in [7, 11) is 0. The maximum Gasteiger partial charge on any atom is 0.213 e. The zero-order chi connectivity index (χ0) is 18.6. The van der Waals surface area contributed by atoms with Gasteiger partial charge in [0, 0.05) is 24.8 Å². The van der Waals surface area contributed by atoms with Crippen LogP contribution in [0, 0.1) is 0 Å². The number of ether oxygens (including phenoxy) is 2. The van der Waals surface area contributed by atoms with Crippen molar-refractivity contribution >= 4 is 5.96 Å². The lowest BCUT2D eigenvalue weighted by atomic mass is 10.3. The van der Waals surface area contributed by atoms with Gasteiger partial charge in [-0.25, -0.2) is 9.98 Å². The van der Waals surface area contributed by atoms with Gasteiger partial charge < -0.3 is 20.1 Å². The van der Waals surface area contributed by atoms with Crippen molar-refractivity contribution in [2.75, 3.05) is 19.8 Å². The molecule has 0 aliphatic carbocycles. The number of nitrogens with one attached hydrogen (secondary N) is 2. The number of nitrogens with zero attached hydrogens (tertiary/aromatic N) is 2. The van der Waals surface area contributed by atoms with Crippen LogP contribution in [0.4, 0.5) is 0 Å². The van der Waals surface area contributed by atoms with Crippen molar-refractivity contribution in [2.24, 2.45) is 4.99 Å². The van der Waals surface area contributed by atoms with Gasteiger partial charge >= 0.3 is 0 Å². The van der Waals surface area contributed by atoms with Crippen LogP contribution in [0.1, 0.15) is 26.3 Å². The predicted octanol–water partition coefficient (Wildman–Crippen LogP) is 3.00. The molecule has 0 spiro atoms. The van der Waals surface area contributed by atoms with Crippen molar-refractivity contribution in [1.29, 1.82) is 0 Å². The molecule has 0 radical (unpaired) electrons. The van der Waals surface area contributed by atoms with Crippen LogP contribution >= 0.6 is 0 Å². The Morgan fingerprint density at radius 2 is 1.85 bits per heavy atom. The molecule has 6 nitrogen and oxygen atoms in total. The predicted molar refractivity (Wildman–Crippen MR) is 105 cm³/mol. The van der Waals surface area contributed by atoms with E-state index in [0.717, 1.165) is 23.8 Å². The van der Waals surface area contributed by atoms with E-state index >= 15 is 0 Å². The highest BCUT2D eigenvalue weighted by Crippen LogP contribution is 2.10. The van der Waals surface area contributed by atoms with Crippen molar-refractivity contribution < 1.29 is 9.47 Å². The van der Waals surface area contributed by atoms with Crippen molar-refractivity contribution in [1.82, 2.24) is 15.6 Å². The fraction of sp³-hybridized carbons (Fsp3) is 0.400. The van der Waals surface area contributed by atoms with E-state index in [1.165, 1.54) is 0 Å². The van der Waals surface area contributed by atoms with Gasteiger partial charge in [0.2, 0.25) is 5.88 Å². The van der Waals surface area contributed by atoms with Crippen LogP contribution in [0.15, 0.2) is 53.7 Å². The molecule has 2 N–H and O–H groups in total. The molecule has 1 aromatic heterocycles. The minimum absolute atomic E-state index is 0.333. The summed E-state index contributed by atoms with van der Waals surface area (Å²) in [5.41, 5.74) is 1.03. The highest BCUT2D eigenvalue weighted by Gasteiger charge is 2.01. The quantitative estimate of drug-likeness (QED) is 0.411. The summed E-state index contributed by atoms with van der Waals surface area (Å²) in [5, 5.41) is 6.51. The van der Waals surface area contributed by atoms with E-state index in [9.17, 15) is 0 Å². The number of pyridine rings is 1. The number of rotatable bonds is 9. The van der Waals surface area contributed by atoms with Crippen LogP contribution < -0.4 is 20.1 Å². The second-order valence-corrected chi connectivity index (χ2v) is 6.01. The largest absolute Gasteiger partial charge is 0.490 e. The van der Waals surface area contributed by atoms with Gasteiger partial charge in [-0.2, -0.15) is 0 Å². The summed E-state index contributed by atoms with van der Waals surface area (Å²) in [4.78, 5) is 8.88. The number of benzene rings is 1. The fourth-order valence-electron chi connectivity index (χ4n) is 2.18. The summed E-state index contributed by atoms with van der Waals surface area (Å²) in [6.07, 6.45) is 1.79. The molecule has 1 heterocycles. The molecule has 140 valence electrons. The summed E-state index contributed by atoms with van der Waals surface area (Å²) in [6, 6.07) is 13.8. The molecule has 6 heteroatoms. The molecule has 2 rings (SSSR count). The Hall–Kier alpha value is -2.76. The molecule has 0 unspecified atom stereocenters. The Labute approximate surface area is 155 Å². The van der Waals surface area contributed by atoms with Crippen LogP contribution in [-0.4, -0.2) is 36.7 Å². The van der Waals surface area contributed by atoms with Gasteiger partial charge in [0.25, 0.3) is 0 Å². The van der Waals surface area contributed by atoms with Gasteiger partial charge in [-0.15, -0.1) is 0 Å². The lowest BCUT2D eigenvalue weighted by Crippen LogP contribution is -2.40. The molecular formula is C20H28N4O2. The topological polar surface area (TPSA) is 67.8 Å². The third kappa shape index (κ3) is 7.42. The average molecular weight is 356 g/mol. The molecule has 0 amide bonds. The second-order valence-electron chi connectivity index (χ2n) is 6.01. The van der Waals surface area contributed by atoms with Crippen molar-refractivity contribution in [3.05, 3.63) is 54.2 Å². The zero-order valence-corrected chi connectivity index (χ0v) is 15.7. The minimum Gasteiger partial charge on any atom is -0.490 e. The number of aliphatic imine (C=N–C) groups is 1. The first-order valence-electron chi connectivity index (χ1n) is 8.97. The van der Waals surface area contributed by atoms with Gasteiger partial charge in [-0.3, -0.25) is 0 Å². The van der Waals surface area contributed by atoms with Gasteiger partial charge in [0.05, 0.1) is 6.54 Å². The van der Waals surface area contributed by atoms with Gasteiger partial charge in [0.1, 0.15) is 19.0 Å². The van der Waals surface area contributed by atoms with E-state index in [-0.39, 0.29) is 0 Å². The van der Waals surface area contributed by atoms with Crippen LogP contribution in [0.2, 0.25) is 0 Å². The number of hydrogen-bond donors (Lipinski definition) is 2. The van der Waals surface area contributed by atoms with Crippen LogP contribution in [-0.2, 0) is 6.54 Å². The summed E-state index contributed by atoms with van der Waals surface area (Å²) in [6.45, 7) is 8.53. The van der Waals surface area contributed by atoms with E-state index in [4.69, 9.17) is 9.47 Å². The highest BCUT2D eigenvalue weighted by atomic mass is 16.5. The lowest BCUT2D eigenvalue weighted by Gasteiger charge is -2.13. The second kappa shape index (κ2) is 11.0. The molecule has 0 atom stereocenters. The summed E-state index contributed by atoms with van der Waals surface area (Å²) < 4.78 is 11.2. The first kappa shape index (κ1) is 19.6. The SMILES string of the molecule is CCNC(=NCc1ccc(OCCOc2ccccc2)nc1)NC(C)C. The van der Waals surface area contributed by atoms with E-state index in [0.29, 0.717) is 31.7 Å². The maximum atomic E-state index is 5.60. The van der Waals surface area contributed by atoms with Crippen LogP contribution in [0.3, 0.4) is 0 Å². The van der Waals surface area contributed by atoms with Gasteiger partial charge in [0.15, 0.2) is 5.96 Å². The van der Waals surface area contributed by atoms with Gasteiger partial charge in [-0.1, -0.05) is 24.3 Å². The van der Waals surface area contributed by atoms with Crippen molar-refractivity contribution in [3.63, 3.8) is 0 Å². The Balaban J connectivity index is 1.76. The van der Waals surface area contributed by atoms with Crippen molar-refractivity contribution in [3.8, 4) is 11.6 Å². The molecule has 0 fully saturated rings. The molecule has 0 bridgehead atoms. The van der Waals surface area contributed by atoms with E-state index in [1.807, 2.05) is 49.4 Å². The molecule has 26 heavy (non-hydrogen) atoms. The third-order valence-electron chi connectivity index (χ3n) is 3.33. The monoisotopic (exact) mass is 356 g/mol. The fourth-order valence-corrected chi connectivity index (χ4v) is 2.18. The normalized spacial score (nSPS) is 11.3. The molecule has 2 aromatic rings. The third-order valence-corrected chi connectivity index (χ3v) is 3.33. The van der Waals surface area contributed by atoms with E-state index < -0.39 is 0 Å². The lowest BCUT2D eigenvalue weighted by molar-refractivity contribution is 0.212. The smallest absolute Gasteiger partial charge is 0.213 e. The van der Waals surface area contributed by atoms with E-state index in [2.05, 4.69) is 34.5 Å². The van der Waals surface area contributed by atoms with Crippen LogP contribution in [0.5, 0.6) is 11.6 Å². The van der Waals surface area contributed by atoms with Crippen LogP contribution in [0.25, 0.3) is 0 Å². The van der Waals surface area contributed by atoms with Crippen molar-refractivity contribution in [2.45, 2.75) is 33.4 Å². The summed E-state index contributed by atoms with van der Waals surface area (Å²) >= 11 is 0. The molecule has 1 aromatic carbocycles. The number of guanidine groups is 1. The number of aromatic nitrogens is 1. The minimum atomic E-state index is 0.333. The maximum absolute atomic E-state index is 5.60. The molecule has 0 aliphatic heterocycles. The first-order valence-corrected chi connectivity index (χ1v) is 8.97. The van der Waals surface area contributed by atoms with Gasteiger partial charge in [-0.05, 0) is 38.5 Å². The first-order chi connectivity index (χ1) is 12.7. The summed E-state index contributed by atoms with van der Waals surface area (Å²) in [5.74, 6) is 2.23. The highest BCUT2D eigenvalue weighted by molar-refractivity contribution is 5.79. The molecule has 0 aliphatic rings. The zero-order valence-electron chi connectivity index (χ0n) is 15.7. The Morgan fingerprint density at radius 3 is 2.50 bits per heavy atom. The number of hydrogen-bond acceptors (Lipinski definition) is 4.